The van der Waals surface area contributed by atoms with Crippen LogP contribution in [0.5, 0.6) is 5.88 Å². The Morgan fingerprint density at radius 3 is 2.68 bits per heavy atom. The number of ether oxygens (including phenoxy) is 2. The van der Waals surface area contributed by atoms with Gasteiger partial charge in [0.1, 0.15) is 17.7 Å². The lowest BCUT2D eigenvalue weighted by atomic mass is 10.3. The van der Waals surface area contributed by atoms with Crippen LogP contribution in [0.1, 0.15) is 12.5 Å². The quantitative estimate of drug-likeness (QED) is 0.927. The van der Waals surface area contributed by atoms with Gasteiger partial charge in [0.2, 0.25) is 5.88 Å². The van der Waals surface area contributed by atoms with Crippen LogP contribution >= 0.6 is 11.6 Å². The fraction of sp³-hybridized carbons (Fsp3) is 0.400. The van der Waals surface area contributed by atoms with Crippen molar-refractivity contribution in [1.29, 1.82) is 0 Å². The van der Waals surface area contributed by atoms with E-state index in [-0.39, 0.29) is 17.5 Å². The number of rotatable bonds is 4. The van der Waals surface area contributed by atoms with Crippen LogP contribution in [0.2, 0.25) is 5.02 Å². The van der Waals surface area contributed by atoms with E-state index in [2.05, 4.69) is 9.72 Å². The molecule has 0 saturated carbocycles. The Hall–Kier alpha value is -1.70. The third-order valence-corrected chi connectivity index (χ3v) is 2.18. The Bertz CT molecular complexity index is 468. The largest absolute Gasteiger partial charge is 0.470 e. The van der Waals surface area contributed by atoms with Gasteiger partial charge in [0, 0.05) is 6.20 Å². The predicted octanol–water partition coefficient (Wildman–Crippen LogP) is 2.62. The highest BCUT2D eigenvalue weighted by molar-refractivity contribution is 6.31. The van der Waals surface area contributed by atoms with E-state index in [9.17, 15) is 18.0 Å². The molecule has 19 heavy (non-hydrogen) atoms. The van der Waals surface area contributed by atoms with Gasteiger partial charge in [-0.3, -0.25) is 0 Å². The molecule has 0 unspecified atom stereocenters. The normalized spacial score (nSPS) is 12.9. The second-order valence-electron chi connectivity index (χ2n) is 3.57. The number of hydrogen-bond donors (Lipinski definition) is 1. The molecule has 1 amide bonds. The van der Waals surface area contributed by atoms with Gasteiger partial charge in [-0.25, -0.2) is 9.78 Å². The number of alkyl halides is 3. The molecule has 0 fully saturated rings. The third-order valence-electron chi connectivity index (χ3n) is 1.91. The predicted molar refractivity (Wildman–Crippen MR) is 59.9 cm³/mol. The van der Waals surface area contributed by atoms with Gasteiger partial charge < -0.3 is 15.2 Å². The number of pyridine rings is 1. The van der Waals surface area contributed by atoms with E-state index < -0.39 is 23.9 Å². The van der Waals surface area contributed by atoms with E-state index in [0.29, 0.717) is 12.3 Å². The standard InChI is InChI=1S/C10H10ClF3N2O3/c1-5(4-18-9(15)17)19-8-7(11)2-6(3-16-8)10(12,13)14/h2-3,5H,4H2,1H3,(H2,15,17)/t5-/m0/s1. The van der Waals surface area contributed by atoms with Crippen LogP contribution in [-0.2, 0) is 10.9 Å². The topological polar surface area (TPSA) is 74.4 Å². The molecule has 2 N–H and O–H groups in total. The highest BCUT2D eigenvalue weighted by Crippen LogP contribution is 2.33. The van der Waals surface area contributed by atoms with Crippen molar-refractivity contribution in [2.75, 3.05) is 6.61 Å². The summed E-state index contributed by atoms with van der Waals surface area (Å²) in [6, 6.07) is 0.700. The molecule has 5 nitrogen and oxygen atoms in total. The van der Waals surface area contributed by atoms with Gasteiger partial charge in [0.15, 0.2) is 0 Å². The second-order valence-corrected chi connectivity index (χ2v) is 3.97. The van der Waals surface area contributed by atoms with Crippen molar-refractivity contribution >= 4 is 17.7 Å². The minimum atomic E-state index is -4.53. The number of carbonyl (C=O) groups excluding carboxylic acids is 1. The molecule has 0 spiro atoms. The van der Waals surface area contributed by atoms with E-state index in [4.69, 9.17) is 22.1 Å². The second kappa shape index (κ2) is 5.96. The molecule has 0 radical (unpaired) electrons. The maximum atomic E-state index is 12.4. The molecule has 9 heteroatoms. The van der Waals surface area contributed by atoms with Crippen LogP contribution < -0.4 is 10.5 Å². The van der Waals surface area contributed by atoms with Gasteiger partial charge in [0.25, 0.3) is 0 Å². The molecule has 0 aliphatic carbocycles. The van der Waals surface area contributed by atoms with Crippen molar-refractivity contribution in [3.63, 3.8) is 0 Å². The molecule has 0 saturated heterocycles. The molecule has 1 aromatic heterocycles. The zero-order valence-electron chi connectivity index (χ0n) is 9.70. The first kappa shape index (κ1) is 15.4. The fourth-order valence-corrected chi connectivity index (χ4v) is 1.30. The van der Waals surface area contributed by atoms with Crippen LogP contribution in [-0.4, -0.2) is 23.8 Å². The Balaban J connectivity index is 2.72. The first-order valence-corrected chi connectivity index (χ1v) is 5.39. The average Bonchev–Trinajstić information content (AvgIpc) is 2.27. The number of halogens is 4. The summed E-state index contributed by atoms with van der Waals surface area (Å²) in [7, 11) is 0. The number of amides is 1. The number of carbonyl (C=O) groups is 1. The maximum Gasteiger partial charge on any atom is 0.417 e. The van der Waals surface area contributed by atoms with Crippen molar-refractivity contribution < 1.29 is 27.4 Å². The molecule has 1 heterocycles. The highest BCUT2D eigenvalue weighted by Gasteiger charge is 2.31. The minimum Gasteiger partial charge on any atom is -0.470 e. The van der Waals surface area contributed by atoms with Crippen molar-refractivity contribution in [3.05, 3.63) is 22.8 Å². The lowest BCUT2D eigenvalue weighted by Gasteiger charge is -2.15. The van der Waals surface area contributed by atoms with Crippen molar-refractivity contribution in [2.45, 2.75) is 19.2 Å². The molecule has 0 aliphatic heterocycles. The highest BCUT2D eigenvalue weighted by atomic mass is 35.5. The lowest BCUT2D eigenvalue weighted by Crippen LogP contribution is -2.24. The first-order chi connectivity index (χ1) is 8.70. The Labute approximate surface area is 111 Å². The first-order valence-electron chi connectivity index (χ1n) is 5.01. The number of nitrogens with two attached hydrogens (primary N) is 1. The van der Waals surface area contributed by atoms with Crippen LogP contribution in [0.25, 0.3) is 0 Å². The molecule has 0 aliphatic rings. The molecule has 1 aromatic rings. The van der Waals surface area contributed by atoms with Gasteiger partial charge in [-0.1, -0.05) is 11.6 Å². The summed E-state index contributed by atoms with van der Waals surface area (Å²) in [6.07, 6.45) is -5.57. The van der Waals surface area contributed by atoms with E-state index in [0.717, 1.165) is 0 Å². The van der Waals surface area contributed by atoms with Gasteiger partial charge in [-0.15, -0.1) is 0 Å². The van der Waals surface area contributed by atoms with E-state index in [1.165, 1.54) is 6.92 Å². The molecular weight excluding hydrogens is 289 g/mol. The Morgan fingerprint density at radius 2 is 2.21 bits per heavy atom. The maximum absolute atomic E-state index is 12.4. The monoisotopic (exact) mass is 298 g/mol. The van der Waals surface area contributed by atoms with E-state index in [1.807, 2.05) is 0 Å². The summed E-state index contributed by atoms with van der Waals surface area (Å²) in [5.74, 6) is -0.185. The zero-order chi connectivity index (χ0) is 14.6. The molecule has 0 bridgehead atoms. The van der Waals surface area contributed by atoms with Gasteiger partial charge in [-0.05, 0) is 13.0 Å². The van der Waals surface area contributed by atoms with Crippen molar-refractivity contribution in [1.82, 2.24) is 4.98 Å². The molecule has 106 valence electrons. The fourth-order valence-electron chi connectivity index (χ4n) is 1.09. The van der Waals surface area contributed by atoms with Crippen LogP contribution in [0, 0.1) is 0 Å². The third kappa shape index (κ3) is 4.82. The zero-order valence-corrected chi connectivity index (χ0v) is 10.5. The Morgan fingerprint density at radius 1 is 1.58 bits per heavy atom. The molecule has 0 aromatic carbocycles. The summed E-state index contributed by atoms with van der Waals surface area (Å²) in [4.78, 5) is 13.8. The van der Waals surface area contributed by atoms with Crippen LogP contribution in [0.4, 0.5) is 18.0 Å². The van der Waals surface area contributed by atoms with E-state index >= 15 is 0 Å². The van der Waals surface area contributed by atoms with Gasteiger partial charge in [-0.2, -0.15) is 13.2 Å². The summed E-state index contributed by atoms with van der Waals surface area (Å²) in [5.41, 5.74) is 3.77. The van der Waals surface area contributed by atoms with Crippen LogP contribution in [0.3, 0.4) is 0 Å². The molecule has 1 rings (SSSR count). The van der Waals surface area contributed by atoms with E-state index in [1.54, 1.807) is 0 Å². The number of aromatic nitrogens is 1. The number of nitrogens with zero attached hydrogens (tertiary/aromatic N) is 1. The molecule has 1 atom stereocenters. The summed E-state index contributed by atoms with van der Waals surface area (Å²) >= 11 is 5.62. The Kier molecular flexibility index (Phi) is 4.82. The van der Waals surface area contributed by atoms with Crippen LogP contribution in [0.15, 0.2) is 12.3 Å². The smallest absolute Gasteiger partial charge is 0.417 e. The molecular formula is C10H10ClF3N2O3. The van der Waals surface area contributed by atoms with Gasteiger partial charge in [0.05, 0.1) is 5.56 Å². The lowest BCUT2D eigenvalue weighted by molar-refractivity contribution is -0.137. The number of hydrogen-bond acceptors (Lipinski definition) is 4. The van der Waals surface area contributed by atoms with Gasteiger partial charge >= 0.3 is 12.3 Å². The average molecular weight is 299 g/mol. The SMILES string of the molecule is C[C@@H](COC(N)=O)Oc1ncc(C(F)(F)F)cc1Cl. The summed E-state index contributed by atoms with van der Waals surface area (Å²) in [5, 5.41) is -0.291. The summed E-state index contributed by atoms with van der Waals surface area (Å²) in [6.45, 7) is 1.34. The van der Waals surface area contributed by atoms with Crippen molar-refractivity contribution in [3.8, 4) is 5.88 Å². The van der Waals surface area contributed by atoms with Crippen molar-refractivity contribution in [2.24, 2.45) is 5.73 Å². The number of primary amides is 1. The summed E-state index contributed by atoms with van der Waals surface area (Å²) < 4.78 is 46.7. The minimum absolute atomic E-state index is 0.172.